The van der Waals surface area contributed by atoms with Crippen LogP contribution in [0.1, 0.15) is 17.7 Å². The largest absolute Gasteiger partial charge is 0.349 e. The first-order valence-corrected chi connectivity index (χ1v) is 9.50. The van der Waals surface area contributed by atoms with Gasteiger partial charge in [0, 0.05) is 29.6 Å². The first-order chi connectivity index (χ1) is 12.8. The number of rotatable bonds is 5. The highest BCUT2D eigenvalue weighted by molar-refractivity contribution is 7.06. The molecule has 1 aromatic carbocycles. The molecule has 0 saturated carbocycles. The molecule has 1 atom stereocenters. The zero-order chi connectivity index (χ0) is 17.8. The molecule has 4 rings (SSSR count). The molecule has 0 amide bonds. The zero-order valence-corrected chi connectivity index (χ0v) is 15.2. The van der Waals surface area contributed by atoms with Crippen molar-refractivity contribution < 1.29 is 0 Å². The van der Waals surface area contributed by atoms with Crippen LogP contribution in [0.2, 0.25) is 0 Å². The molecule has 1 fully saturated rings. The van der Waals surface area contributed by atoms with Crippen LogP contribution >= 0.6 is 11.5 Å². The monoisotopic (exact) mass is 367 g/mol. The predicted octanol–water partition coefficient (Wildman–Crippen LogP) is 2.53. The van der Waals surface area contributed by atoms with Crippen LogP contribution in [0.5, 0.6) is 0 Å². The Kier molecular flexibility index (Phi) is 5.03. The SMILES string of the molecule is NC1CCCN(c2ncnc(NCc3cc(-c4ccccc4)ns3)n2)C1. The van der Waals surface area contributed by atoms with E-state index in [-0.39, 0.29) is 6.04 Å². The van der Waals surface area contributed by atoms with Gasteiger partial charge >= 0.3 is 0 Å². The lowest BCUT2D eigenvalue weighted by molar-refractivity contribution is 0.499. The second-order valence-corrected chi connectivity index (χ2v) is 7.24. The predicted molar refractivity (Wildman–Crippen MR) is 104 cm³/mol. The summed E-state index contributed by atoms with van der Waals surface area (Å²) in [6, 6.07) is 12.5. The van der Waals surface area contributed by atoms with Gasteiger partial charge in [-0.05, 0) is 30.4 Å². The Morgan fingerprint density at radius 1 is 1.23 bits per heavy atom. The number of nitrogens with zero attached hydrogens (tertiary/aromatic N) is 5. The molecule has 7 nitrogen and oxygen atoms in total. The third kappa shape index (κ3) is 3.97. The summed E-state index contributed by atoms with van der Waals surface area (Å²) in [4.78, 5) is 16.3. The van der Waals surface area contributed by atoms with E-state index >= 15 is 0 Å². The smallest absolute Gasteiger partial charge is 0.230 e. The molecule has 0 bridgehead atoms. The topological polar surface area (TPSA) is 92.8 Å². The molecule has 26 heavy (non-hydrogen) atoms. The quantitative estimate of drug-likeness (QED) is 0.716. The standard InChI is InChI=1S/C18H21N7S/c19-14-7-4-8-25(11-14)18-22-12-21-17(23-18)20-10-15-9-16(24-26-15)13-5-2-1-3-6-13/h1-3,5-6,9,12,14H,4,7-8,10-11,19H2,(H,20,21,22,23). The third-order valence-corrected chi connectivity index (χ3v) is 5.13. The van der Waals surface area contributed by atoms with Crippen molar-refractivity contribution in [3.63, 3.8) is 0 Å². The molecule has 8 heteroatoms. The highest BCUT2D eigenvalue weighted by Gasteiger charge is 2.19. The van der Waals surface area contributed by atoms with Gasteiger partial charge in [-0.3, -0.25) is 0 Å². The van der Waals surface area contributed by atoms with E-state index in [2.05, 4.69) is 47.7 Å². The molecule has 0 radical (unpaired) electrons. The zero-order valence-electron chi connectivity index (χ0n) is 14.4. The summed E-state index contributed by atoms with van der Waals surface area (Å²) in [6.45, 7) is 2.36. The number of nitrogens with two attached hydrogens (primary N) is 1. The Labute approximate surface area is 156 Å². The van der Waals surface area contributed by atoms with E-state index in [1.807, 2.05) is 18.2 Å². The molecule has 0 aliphatic carbocycles. The summed E-state index contributed by atoms with van der Waals surface area (Å²) in [5.74, 6) is 1.26. The van der Waals surface area contributed by atoms with Crippen molar-refractivity contribution in [3.05, 3.63) is 47.6 Å². The Hall–Kier alpha value is -2.58. The van der Waals surface area contributed by atoms with E-state index in [4.69, 9.17) is 5.73 Å². The molecule has 3 aromatic rings. The molecule has 1 unspecified atom stereocenters. The molecule has 1 aliphatic heterocycles. The van der Waals surface area contributed by atoms with E-state index in [0.717, 1.165) is 42.1 Å². The lowest BCUT2D eigenvalue weighted by atomic mass is 10.1. The van der Waals surface area contributed by atoms with Crippen molar-refractivity contribution in [2.75, 3.05) is 23.3 Å². The first-order valence-electron chi connectivity index (χ1n) is 8.72. The Bertz CT molecular complexity index is 852. The Morgan fingerprint density at radius 3 is 2.96 bits per heavy atom. The Balaban J connectivity index is 1.41. The minimum Gasteiger partial charge on any atom is -0.349 e. The summed E-state index contributed by atoms with van der Waals surface area (Å²) in [6.07, 6.45) is 3.67. The minimum absolute atomic E-state index is 0.186. The number of hydrogen-bond acceptors (Lipinski definition) is 8. The lowest BCUT2D eigenvalue weighted by Crippen LogP contribution is -2.43. The second-order valence-electron chi connectivity index (χ2n) is 6.36. The first kappa shape index (κ1) is 16.9. The van der Waals surface area contributed by atoms with Crippen molar-refractivity contribution in [3.8, 4) is 11.3 Å². The molecule has 134 valence electrons. The van der Waals surface area contributed by atoms with Gasteiger partial charge in [-0.15, -0.1) is 0 Å². The van der Waals surface area contributed by atoms with Crippen LogP contribution < -0.4 is 16.0 Å². The maximum Gasteiger partial charge on any atom is 0.230 e. The van der Waals surface area contributed by atoms with Crippen LogP contribution in [0.3, 0.4) is 0 Å². The summed E-state index contributed by atoms with van der Waals surface area (Å²) < 4.78 is 4.52. The minimum atomic E-state index is 0.186. The molecule has 1 saturated heterocycles. The average molecular weight is 367 g/mol. The normalized spacial score (nSPS) is 17.3. The van der Waals surface area contributed by atoms with E-state index < -0.39 is 0 Å². The van der Waals surface area contributed by atoms with Crippen LogP contribution in [-0.4, -0.2) is 38.5 Å². The number of hydrogen-bond donors (Lipinski definition) is 2. The van der Waals surface area contributed by atoms with Crippen molar-refractivity contribution in [1.82, 2.24) is 19.3 Å². The number of aromatic nitrogens is 4. The van der Waals surface area contributed by atoms with Crippen molar-refractivity contribution >= 4 is 23.4 Å². The maximum absolute atomic E-state index is 6.05. The van der Waals surface area contributed by atoms with Gasteiger partial charge in [-0.25, -0.2) is 9.97 Å². The summed E-state index contributed by atoms with van der Waals surface area (Å²) in [5.41, 5.74) is 8.17. The lowest BCUT2D eigenvalue weighted by Gasteiger charge is -2.30. The van der Waals surface area contributed by atoms with E-state index in [1.165, 1.54) is 11.5 Å². The molecule has 2 aromatic heterocycles. The van der Waals surface area contributed by atoms with Gasteiger partial charge in [0.05, 0.1) is 12.2 Å². The van der Waals surface area contributed by atoms with Gasteiger partial charge in [-0.2, -0.15) is 9.36 Å². The van der Waals surface area contributed by atoms with Crippen LogP contribution in [0, 0.1) is 0 Å². The van der Waals surface area contributed by atoms with Crippen LogP contribution in [0.15, 0.2) is 42.7 Å². The van der Waals surface area contributed by atoms with Gasteiger partial charge in [-0.1, -0.05) is 30.3 Å². The molecule has 3 N–H and O–H groups in total. The molecular formula is C18H21N7S. The third-order valence-electron chi connectivity index (χ3n) is 4.35. The van der Waals surface area contributed by atoms with Crippen molar-refractivity contribution in [1.29, 1.82) is 0 Å². The van der Waals surface area contributed by atoms with Crippen molar-refractivity contribution in [2.24, 2.45) is 5.73 Å². The molecule has 3 heterocycles. The summed E-state index contributed by atoms with van der Waals surface area (Å²) in [7, 11) is 0. The number of anilines is 2. The number of benzene rings is 1. The maximum atomic E-state index is 6.05. The average Bonchev–Trinajstić information content (AvgIpc) is 3.16. The highest BCUT2D eigenvalue weighted by atomic mass is 32.1. The Morgan fingerprint density at radius 2 is 2.12 bits per heavy atom. The fraction of sp³-hybridized carbons (Fsp3) is 0.333. The van der Waals surface area contributed by atoms with Gasteiger partial charge in [0.25, 0.3) is 0 Å². The van der Waals surface area contributed by atoms with E-state index in [1.54, 1.807) is 6.33 Å². The van der Waals surface area contributed by atoms with Crippen molar-refractivity contribution in [2.45, 2.75) is 25.4 Å². The molecule has 0 spiro atoms. The van der Waals surface area contributed by atoms with Gasteiger partial charge < -0.3 is 16.0 Å². The van der Waals surface area contributed by atoms with Crippen LogP contribution in [0.4, 0.5) is 11.9 Å². The van der Waals surface area contributed by atoms with Gasteiger partial charge in [0.2, 0.25) is 11.9 Å². The molecular weight excluding hydrogens is 346 g/mol. The van der Waals surface area contributed by atoms with Crippen LogP contribution in [-0.2, 0) is 6.54 Å². The fourth-order valence-corrected chi connectivity index (χ4v) is 3.70. The summed E-state index contributed by atoms with van der Waals surface area (Å²) >= 11 is 1.49. The van der Waals surface area contributed by atoms with Gasteiger partial charge in [0.1, 0.15) is 6.33 Å². The van der Waals surface area contributed by atoms with Crippen LogP contribution in [0.25, 0.3) is 11.3 Å². The number of piperidine rings is 1. The number of nitrogens with one attached hydrogen (secondary N) is 1. The van der Waals surface area contributed by atoms with E-state index in [9.17, 15) is 0 Å². The molecule has 1 aliphatic rings. The summed E-state index contributed by atoms with van der Waals surface area (Å²) in [5, 5.41) is 3.27. The van der Waals surface area contributed by atoms with E-state index in [0.29, 0.717) is 18.4 Å². The van der Waals surface area contributed by atoms with Gasteiger partial charge in [0.15, 0.2) is 0 Å². The second kappa shape index (κ2) is 7.76. The highest BCUT2D eigenvalue weighted by Crippen LogP contribution is 2.22. The fourth-order valence-electron chi connectivity index (χ4n) is 3.02.